The zero-order valence-corrected chi connectivity index (χ0v) is 23.6. The van der Waals surface area contributed by atoms with Crippen LogP contribution in [0.5, 0.6) is 0 Å². The molecule has 1 amide bonds. The first kappa shape index (κ1) is 27.6. The normalized spacial score (nSPS) is 23.8. The number of piperidine rings is 1. The van der Waals surface area contributed by atoms with Crippen LogP contribution in [0.1, 0.15) is 76.8 Å². The molecule has 1 aliphatic heterocycles. The molecule has 1 unspecified atom stereocenters. The topological polar surface area (TPSA) is 135 Å². The molecule has 9 nitrogen and oxygen atoms in total. The number of hydrogen-bond acceptors (Lipinski definition) is 6. The first-order chi connectivity index (χ1) is 18.4. The molecule has 208 valence electrons. The smallest absolute Gasteiger partial charge is 0.307 e. The molecule has 3 heterocycles. The number of benzene rings is 1. The standard InChI is InChI=1S/C28H33ClN4O5S/c1-16-14-33-20(12-21(16)23-10-19(30)11-24(23)28(35)36)13-25(31-33)26-5-3-4-8-32(26)27(34)22-9-18(29)7-6-17(22)15-39(2,37)38/h6-7,9,12-14,19,23-24,26H,3-5,8,10-11,15,30H2,1-2H3,(H,35,36)/t19-,23?,24-,26-/m0/s1. The minimum atomic E-state index is -3.36. The molecule has 1 saturated carbocycles. The number of aliphatic carboxylic acids is 1. The number of rotatable bonds is 6. The number of sulfone groups is 1. The Balaban J connectivity index is 1.50. The molecule has 0 bridgehead atoms. The van der Waals surface area contributed by atoms with Gasteiger partial charge in [0.25, 0.3) is 5.91 Å². The second kappa shape index (κ2) is 10.6. The monoisotopic (exact) mass is 572 g/mol. The van der Waals surface area contributed by atoms with E-state index in [1.165, 1.54) is 0 Å². The molecule has 11 heteroatoms. The van der Waals surface area contributed by atoms with Crippen molar-refractivity contribution in [3.63, 3.8) is 0 Å². The van der Waals surface area contributed by atoms with Crippen molar-refractivity contribution in [3.05, 3.63) is 69.5 Å². The molecule has 2 fully saturated rings. The van der Waals surface area contributed by atoms with E-state index in [-0.39, 0.29) is 29.7 Å². The Labute approximate surface area is 232 Å². The zero-order chi connectivity index (χ0) is 28.1. The maximum atomic E-state index is 13.8. The first-order valence-corrected chi connectivity index (χ1v) is 15.6. The summed E-state index contributed by atoms with van der Waals surface area (Å²) in [6.07, 6.45) is 6.62. The second-order valence-electron chi connectivity index (χ2n) is 11.0. The van der Waals surface area contributed by atoms with Gasteiger partial charge in [-0.15, -0.1) is 0 Å². The van der Waals surface area contributed by atoms with E-state index in [9.17, 15) is 23.1 Å². The van der Waals surface area contributed by atoms with Crippen LogP contribution in [0.15, 0.2) is 36.5 Å². The number of fused-ring (bicyclic) bond motifs is 1. The third-order valence-electron chi connectivity index (χ3n) is 8.00. The van der Waals surface area contributed by atoms with Gasteiger partial charge in [0.05, 0.1) is 28.9 Å². The van der Waals surface area contributed by atoms with Gasteiger partial charge in [0.2, 0.25) is 0 Å². The Kier molecular flexibility index (Phi) is 7.47. The van der Waals surface area contributed by atoms with Crippen molar-refractivity contribution in [2.45, 2.75) is 62.8 Å². The zero-order valence-electron chi connectivity index (χ0n) is 22.0. The molecular formula is C28H33ClN4O5S. The number of aromatic nitrogens is 2. The van der Waals surface area contributed by atoms with Gasteiger partial charge in [-0.3, -0.25) is 9.59 Å². The number of amides is 1. The van der Waals surface area contributed by atoms with Gasteiger partial charge in [0, 0.05) is 35.6 Å². The second-order valence-corrected chi connectivity index (χ2v) is 13.6. The number of carboxylic acids is 1. The van der Waals surface area contributed by atoms with E-state index in [1.54, 1.807) is 27.6 Å². The van der Waals surface area contributed by atoms with E-state index >= 15 is 0 Å². The van der Waals surface area contributed by atoms with Crippen molar-refractivity contribution in [1.82, 2.24) is 14.5 Å². The van der Waals surface area contributed by atoms with Gasteiger partial charge in [-0.2, -0.15) is 5.10 Å². The molecular weight excluding hydrogens is 540 g/mol. The summed E-state index contributed by atoms with van der Waals surface area (Å²) in [6.45, 7) is 2.48. The van der Waals surface area contributed by atoms with E-state index in [4.69, 9.17) is 22.4 Å². The van der Waals surface area contributed by atoms with Crippen molar-refractivity contribution < 1.29 is 23.1 Å². The summed E-state index contributed by atoms with van der Waals surface area (Å²) in [5.41, 5.74) is 10.3. The SMILES string of the molecule is Cc1cn2nc([C@@H]3CCCCN3C(=O)c3cc(Cl)ccc3CS(C)(=O)=O)cc2cc1C1C[C@H](N)C[C@@H]1C(=O)O. The maximum absolute atomic E-state index is 13.8. The third-order valence-corrected chi connectivity index (χ3v) is 9.07. The number of carbonyl (C=O) groups excluding carboxylic acids is 1. The quantitative estimate of drug-likeness (QED) is 0.453. The van der Waals surface area contributed by atoms with Crippen LogP contribution >= 0.6 is 11.6 Å². The Morgan fingerprint density at radius 3 is 2.67 bits per heavy atom. The highest BCUT2D eigenvalue weighted by Gasteiger charge is 2.39. The number of likely N-dealkylation sites (tertiary alicyclic amines) is 1. The molecule has 1 aromatic carbocycles. The number of aryl methyl sites for hydroxylation is 1. The van der Waals surface area contributed by atoms with Crippen molar-refractivity contribution in [3.8, 4) is 0 Å². The fraction of sp³-hybridized carbons (Fsp3) is 0.464. The van der Waals surface area contributed by atoms with Gasteiger partial charge in [-0.25, -0.2) is 12.9 Å². The lowest BCUT2D eigenvalue weighted by atomic mass is 9.87. The maximum Gasteiger partial charge on any atom is 0.307 e. The summed E-state index contributed by atoms with van der Waals surface area (Å²) in [4.78, 5) is 27.5. The molecule has 3 N–H and O–H groups in total. The van der Waals surface area contributed by atoms with E-state index in [1.807, 2.05) is 25.3 Å². The summed E-state index contributed by atoms with van der Waals surface area (Å²) in [5, 5.41) is 14.9. The molecule has 4 atom stereocenters. The van der Waals surface area contributed by atoms with Crippen LogP contribution in [0.25, 0.3) is 5.52 Å². The average Bonchev–Trinajstić information content (AvgIpc) is 3.46. The molecule has 0 spiro atoms. The van der Waals surface area contributed by atoms with E-state index < -0.39 is 21.7 Å². The van der Waals surface area contributed by atoms with Crippen LogP contribution < -0.4 is 5.73 Å². The predicted molar refractivity (Wildman–Crippen MR) is 149 cm³/mol. The lowest BCUT2D eigenvalue weighted by Gasteiger charge is -2.35. The highest BCUT2D eigenvalue weighted by Crippen LogP contribution is 2.41. The summed E-state index contributed by atoms with van der Waals surface area (Å²) >= 11 is 6.22. The van der Waals surface area contributed by atoms with Crippen LogP contribution in [0, 0.1) is 12.8 Å². The third kappa shape index (κ3) is 5.69. The Morgan fingerprint density at radius 1 is 1.18 bits per heavy atom. The lowest BCUT2D eigenvalue weighted by Crippen LogP contribution is -2.39. The van der Waals surface area contributed by atoms with Gasteiger partial charge >= 0.3 is 5.97 Å². The van der Waals surface area contributed by atoms with E-state index in [0.29, 0.717) is 35.5 Å². The predicted octanol–water partition coefficient (Wildman–Crippen LogP) is 4.11. The summed E-state index contributed by atoms with van der Waals surface area (Å²) < 4.78 is 25.9. The molecule has 2 aromatic heterocycles. The van der Waals surface area contributed by atoms with Gasteiger partial charge in [-0.1, -0.05) is 17.7 Å². The fourth-order valence-corrected chi connectivity index (χ4v) is 7.21. The highest BCUT2D eigenvalue weighted by molar-refractivity contribution is 7.89. The first-order valence-electron chi connectivity index (χ1n) is 13.2. The van der Waals surface area contributed by atoms with Crippen molar-refractivity contribution in [1.29, 1.82) is 0 Å². The molecule has 0 radical (unpaired) electrons. The van der Waals surface area contributed by atoms with Gasteiger partial charge in [0.15, 0.2) is 9.84 Å². The minimum Gasteiger partial charge on any atom is -0.481 e. The largest absolute Gasteiger partial charge is 0.481 e. The van der Waals surface area contributed by atoms with Crippen molar-refractivity contribution >= 4 is 38.8 Å². The Morgan fingerprint density at radius 2 is 1.95 bits per heavy atom. The Bertz CT molecular complexity index is 1550. The molecule has 5 rings (SSSR count). The molecule has 3 aromatic rings. The molecule has 1 aliphatic carbocycles. The van der Waals surface area contributed by atoms with Crippen molar-refractivity contribution in [2.75, 3.05) is 12.8 Å². The average molecular weight is 573 g/mol. The number of pyridine rings is 1. The molecule has 1 saturated heterocycles. The van der Waals surface area contributed by atoms with Crippen molar-refractivity contribution in [2.24, 2.45) is 11.7 Å². The summed E-state index contributed by atoms with van der Waals surface area (Å²) in [7, 11) is -3.36. The van der Waals surface area contributed by atoms with Crippen LogP contribution in [-0.4, -0.2) is 58.8 Å². The summed E-state index contributed by atoms with van der Waals surface area (Å²) in [6, 6.07) is 8.27. The number of halogens is 1. The number of nitrogens with zero attached hydrogens (tertiary/aromatic N) is 3. The van der Waals surface area contributed by atoms with Gasteiger partial charge in [-0.05, 0) is 85.9 Å². The number of carbonyl (C=O) groups is 2. The Hall–Kier alpha value is -2.95. The summed E-state index contributed by atoms with van der Waals surface area (Å²) in [5.74, 6) is -2.02. The minimum absolute atomic E-state index is 0.145. The number of carboxylic acid groups (broad SMARTS) is 1. The molecule has 2 aliphatic rings. The number of hydrogen-bond donors (Lipinski definition) is 2. The highest BCUT2D eigenvalue weighted by atomic mass is 35.5. The van der Waals surface area contributed by atoms with Crippen LogP contribution in [0.3, 0.4) is 0 Å². The van der Waals surface area contributed by atoms with Crippen LogP contribution in [0.2, 0.25) is 5.02 Å². The van der Waals surface area contributed by atoms with Crippen LogP contribution in [-0.2, 0) is 20.4 Å². The van der Waals surface area contributed by atoms with Crippen LogP contribution in [0.4, 0.5) is 0 Å². The number of nitrogens with two attached hydrogens (primary N) is 1. The van der Waals surface area contributed by atoms with E-state index in [0.717, 1.165) is 47.9 Å². The molecule has 39 heavy (non-hydrogen) atoms. The fourth-order valence-electron chi connectivity index (χ4n) is 6.22. The lowest BCUT2D eigenvalue weighted by molar-refractivity contribution is -0.142. The van der Waals surface area contributed by atoms with Gasteiger partial charge in [0.1, 0.15) is 0 Å². The van der Waals surface area contributed by atoms with Gasteiger partial charge < -0.3 is 15.7 Å². The van der Waals surface area contributed by atoms with E-state index in [2.05, 4.69) is 0 Å².